The van der Waals surface area contributed by atoms with Crippen molar-refractivity contribution in [1.82, 2.24) is 9.97 Å². The van der Waals surface area contributed by atoms with Crippen LogP contribution >= 0.6 is 15.9 Å². The zero-order valence-electron chi connectivity index (χ0n) is 8.99. The molecular weight excluding hydrogens is 254 g/mol. The van der Waals surface area contributed by atoms with E-state index < -0.39 is 0 Å². The number of hydrogen-bond acceptors (Lipinski definition) is 3. The van der Waals surface area contributed by atoms with Crippen LogP contribution in [0.15, 0.2) is 16.9 Å². The van der Waals surface area contributed by atoms with E-state index in [2.05, 4.69) is 37.7 Å². The zero-order chi connectivity index (χ0) is 10.7. The van der Waals surface area contributed by atoms with Crippen LogP contribution in [0.25, 0.3) is 0 Å². The van der Waals surface area contributed by atoms with Gasteiger partial charge in [-0.25, -0.2) is 9.97 Å². The van der Waals surface area contributed by atoms with Gasteiger partial charge in [-0.1, -0.05) is 13.3 Å². The summed E-state index contributed by atoms with van der Waals surface area (Å²) in [6.45, 7) is 3.30. The van der Waals surface area contributed by atoms with Crippen molar-refractivity contribution in [3.63, 3.8) is 0 Å². The van der Waals surface area contributed by atoms with Crippen molar-refractivity contribution in [3.05, 3.63) is 16.9 Å². The molecule has 0 bridgehead atoms. The van der Waals surface area contributed by atoms with E-state index in [1.54, 1.807) is 0 Å². The molecule has 4 heteroatoms. The first-order valence-corrected chi connectivity index (χ1v) is 6.34. The van der Waals surface area contributed by atoms with Crippen LogP contribution in [-0.4, -0.2) is 22.6 Å². The summed E-state index contributed by atoms with van der Waals surface area (Å²) in [6.07, 6.45) is 8.68. The number of rotatable bonds is 5. The molecule has 0 spiro atoms. The molecule has 1 aromatic rings. The van der Waals surface area contributed by atoms with Crippen LogP contribution in [-0.2, 0) is 0 Å². The molecule has 3 nitrogen and oxygen atoms in total. The molecule has 0 radical (unpaired) electrons. The largest absolute Gasteiger partial charge is 0.338 e. The molecule has 0 amide bonds. The minimum atomic E-state index is 0.692. The average Bonchev–Trinajstić information content (AvgIpc) is 3.05. The molecule has 1 aliphatic carbocycles. The number of aromatic nitrogens is 2. The van der Waals surface area contributed by atoms with Crippen LogP contribution in [0, 0.1) is 0 Å². The summed E-state index contributed by atoms with van der Waals surface area (Å²) in [4.78, 5) is 11.1. The fraction of sp³-hybridized carbons (Fsp3) is 0.636. The maximum absolute atomic E-state index is 4.36. The fourth-order valence-corrected chi connectivity index (χ4v) is 1.82. The second-order valence-corrected chi connectivity index (χ2v) is 4.90. The van der Waals surface area contributed by atoms with Crippen molar-refractivity contribution in [2.24, 2.45) is 0 Å². The molecule has 1 fully saturated rings. The SMILES string of the molecule is CCCCN(c1ncc(Br)cn1)C1CC1. The normalized spacial score (nSPS) is 15.3. The molecule has 0 unspecified atom stereocenters. The fourth-order valence-electron chi connectivity index (χ4n) is 1.61. The van der Waals surface area contributed by atoms with Crippen molar-refractivity contribution in [2.75, 3.05) is 11.4 Å². The molecule has 0 N–H and O–H groups in total. The molecule has 82 valence electrons. The first kappa shape index (κ1) is 10.9. The number of unbranched alkanes of at least 4 members (excludes halogenated alkanes) is 1. The Labute approximate surface area is 99.0 Å². The van der Waals surface area contributed by atoms with Gasteiger partial charge in [-0.2, -0.15) is 0 Å². The predicted octanol–water partition coefficient (Wildman–Crippen LogP) is 3.01. The van der Waals surface area contributed by atoms with Gasteiger partial charge in [0.25, 0.3) is 0 Å². The molecule has 0 saturated heterocycles. The average molecular weight is 270 g/mol. The lowest BCUT2D eigenvalue weighted by molar-refractivity contribution is 0.694. The summed E-state index contributed by atoms with van der Waals surface area (Å²) < 4.78 is 0.942. The molecule has 15 heavy (non-hydrogen) atoms. The van der Waals surface area contributed by atoms with Gasteiger partial charge in [0.05, 0.1) is 4.47 Å². The number of anilines is 1. The highest BCUT2D eigenvalue weighted by Gasteiger charge is 2.30. The van der Waals surface area contributed by atoms with E-state index in [1.807, 2.05) is 12.4 Å². The standard InChI is InChI=1S/C11H16BrN3/c1-2-3-6-15(10-4-5-10)11-13-7-9(12)8-14-11/h7-8,10H,2-6H2,1H3. The lowest BCUT2D eigenvalue weighted by Crippen LogP contribution is -2.28. The highest BCUT2D eigenvalue weighted by molar-refractivity contribution is 9.10. The molecule has 2 rings (SSSR count). The summed E-state index contributed by atoms with van der Waals surface area (Å²) in [5.41, 5.74) is 0. The Balaban J connectivity index is 2.06. The van der Waals surface area contributed by atoms with E-state index in [0.29, 0.717) is 6.04 Å². The summed E-state index contributed by atoms with van der Waals surface area (Å²) in [5.74, 6) is 0.883. The van der Waals surface area contributed by atoms with Gasteiger partial charge in [0.1, 0.15) is 0 Å². The summed E-state index contributed by atoms with van der Waals surface area (Å²) >= 11 is 3.36. The second kappa shape index (κ2) is 4.92. The van der Waals surface area contributed by atoms with E-state index in [-0.39, 0.29) is 0 Å². The summed E-state index contributed by atoms with van der Waals surface area (Å²) in [7, 11) is 0. The van der Waals surface area contributed by atoms with Crippen molar-refractivity contribution in [3.8, 4) is 0 Å². The van der Waals surface area contributed by atoms with E-state index in [1.165, 1.54) is 25.7 Å². The Bertz CT molecular complexity index is 308. The quantitative estimate of drug-likeness (QED) is 0.823. The predicted molar refractivity (Wildman–Crippen MR) is 65.0 cm³/mol. The number of halogens is 1. The van der Waals surface area contributed by atoms with Gasteiger partial charge in [-0.05, 0) is 35.2 Å². The maximum Gasteiger partial charge on any atom is 0.225 e. The Kier molecular flexibility index (Phi) is 3.57. The van der Waals surface area contributed by atoms with E-state index in [9.17, 15) is 0 Å². The van der Waals surface area contributed by atoms with Crippen LogP contribution in [0.2, 0.25) is 0 Å². The van der Waals surface area contributed by atoms with E-state index in [0.717, 1.165) is 17.0 Å². The Morgan fingerprint density at radius 2 is 2.07 bits per heavy atom. The molecular formula is C11H16BrN3. The van der Waals surface area contributed by atoms with Crippen LogP contribution in [0.5, 0.6) is 0 Å². The Morgan fingerprint density at radius 3 is 2.60 bits per heavy atom. The first-order chi connectivity index (χ1) is 7.31. The summed E-state index contributed by atoms with van der Waals surface area (Å²) in [5, 5.41) is 0. The van der Waals surface area contributed by atoms with Gasteiger partial charge >= 0.3 is 0 Å². The first-order valence-electron chi connectivity index (χ1n) is 5.55. The van der Waals surface area contributed by atoms with Crippen LogP contribution in [0.4, 0.5) is 5.95 Å². The molecule has 0 atom stereocenters. The highest BCUT2D eigenvalue weighted by Crippen LogP contribution is 2.29. The molecule has 1 heterocycles. The third kappa shape index (κ3) is 2.91. The lowest BCUT2D eigenvalue weighted by Gasteiger charge is -2.21. The third-order valence-electron chi connectivity index (χ3n) is 2.60. The van der Waals surface area contributed by atoms with Crippen molar-refractivity contribution >= 4 is 21.9 Å². The molecule has 1 aliphatic rings. The van der Waals surface area contributed by atoms with Crippen molar-refractivity contribution < 1.29 is 0 Å². The Hall–Kier alpha value is -0.640. The zero-order valence-corrected chi connectivity index (χ0v) is 10.6. The molecule has 0 aliphatic heterocycles. The van der Waals surface area contributed by atoms with Crippen molar-refractivity contribution in [1.29, 1.82) is 0 Å². The number of nitrogens with zero attached hydrogens (tertiary/aromatic N) is 3. The maximum atomic E-state index is 4.36. The lowest BCUT2D eigenvalue weighted by atomic mass is 10.3. The van der Waals surface area contributed by atoms with Gasteiger partial charge < -0.3 is 4.90 Å². The third-order valence-corrected chi connectivity index (χ3v) is 3.01. The second-order valence-electron chi connectivity index (χ2n) is 3.98. The van der Waals surface area contributed by atoms with Gasteiger partial charge in [0.2, 0.25) is 5.95 Å². The van der Waals surface area contributed by atoms with Gasteiger partial charge in [-0.15, -0.1) is 0 Å². The van der Waals surface area contributed by atoms with Crippen LogP contribution in [0.1, 0.15) is 32.6 Å². The van der Waals surface area contributed by atoms with Crippen molar-refractivity contribution in [2.45, 2.75) is 38.6 Å². The minimum Gasteiger partial charge on any atom is -0.338 e. The Morgan fingerprint density at radius 1 is 1.40 bits per heavy atom. The molecule has 0 aromatic carbocycles. The van der Waals surface area contributed by atoms with E-state index in [4.69, 9.17) is 0 Å². The van der Waals surface area contributed by atoms with Crippen LogP contribution < -0.4 is 4.90 Å². The number of hydrogen-bond donors (Lipinski definition) is 0. The minimum absolute atomic E-state index is 0.692. The monoisotopic (exact) mass is 269 g/mol. The molecule has 1 aromatic heterocycles. The van der Waals surface area contributed by atoms with Gasteiger partial charge in [0.15, 0.2) is 0 Å². The van der Waals surface area contributed by atoms with Gasteiger partial charge in [0, 0.05) is 25.0 Å². The topological polar surface area (TPSA) is 29.0 Å². The van der Waals surface area contributed by atoms with Crippen LogP contribution in [0.3, 0.4) is 0 Å². The van der Waals surface area contributed by atoms with E-state index >= 15 is 0 Å². The summed E-state index contributed by atoms with van der Waals surface area (Å²) in [6, 6.07) is 0.692. The van der Waals surface area contributed by atoms with Gasteiger partial charge in [-0.3, -0.25) is 0 Å². The highest BCUT2D eigenvalue weighted by atomic mass is 79.9. The smallest absolute Gasteiger partial charge is 0.225 e. The molecule has 1 saturated carbocycles.